The van der Waals surface area contributed by atoms with E-state index in [4.69, 9.17) is 0 Å². The third-order valence-corrected chi connectivity index (χ3v) is 5.74. The van der Waals surface area contributed by atoms with Crippen LogP contribution in [0.2, 0.25) is 0 Å². The van der Waals surface area contributed by atoms with Crippen LogP contribution in [0, 0.1) is 5.92 Å². The summed E-state index contributed by atoms with van der Waals surface area (Å²) >= 11 is 1.53. The van der Waals surface area contributed by atoms with Gasteiger partial charge < -0.3 is 15.3 Å². The maximum atomic E-state index is 13.1. The molecule has 142 valence electrons. The first kappa shape index (κ1) is 20.9. The number of thiophene rings is 1. The van der Waals surface area contributed by atoms with Crippen LogP contribution in [-0.4, -0.2) is 35.0 Å². The van der Waals surface area contributed by atoms with Gasteiger partial charge in [0, 0.05) is 23.4 Å². The largest absolute Gasteiger partial charge is 0.386 e. The van der Waals surface area contributed by atoms with Crippen LogP contribution in [-0.2, 0) is 11.3 Å². The molecule has 0 saturated carbocycles. The molecule has 2 heterocycles. The monoisotopic (exact) mass is 394 g/mol. The average molecular weight is 395 g/mol. The number of piperidine rings is 1. The SMILES string of the molecule is C[C@H]1C[C@@H](C(=O)N(Cc2ccccc2)CC(O)c2cccs2)CCN1.Cl. The highest BCUT2D eigenvalue weighted by Gasteiger charge is 2.30. The van der Waals surface area contributed by atoms with Gasteiger partial charge in [-0.1, -0.05) is 36.4 Å². The zero-order chi connectivity index (χ0) is 17.6. The smallest absolute Gasteiger partial charge is 0.226 e. The fraction of sp³-hybridized carbons (Fsp3) is 0.450. The Balaban J connectivity index is 0.00000243. The lowest BCUT2D eigenvalue weighted by Crippen LogP contribution is -2.45. The van der Waals surface area contributed by atoms with Crippen LogP contribution < -0.4 is 5.32 Å². The van der Waals surface area contributed by atoms with Gasteiger partial charge in [0.1, 0.15) is 6.10 Å². The molecule has 4 nitrogen and oxygen atoms in total. The summed E-state index contributed by atoms with van der Waals surface area (Å²) in [6, 6.07) is 14.2. The van der Waals surface area contributed by atoms with E-state index in [2.05, 4.69) is 12.2 Å². The van der Waals surface area contributed by atoms with Crippen molar-refractivity contribution in [3.05, 3.63) is 58.3 Å². The Morgan fingerprint density at radius 3 is 2.73 bits per heavy atom. The van der Waals surface area contributed by atoms with Crippen LogP contribution >= 0.6 is 23.7 Å². The summed E-state index contributed by atoms with van der Waals surface area (Å²) < 4.78 is 0. The molecule has 6 heteroatoms. The Kier molecular flexibility index (Phi) is 8.10. The van der Waals surface area contributed by atoms with E-state index < -0.39 is 6.10 Å². The quantitative estimate of drug-likeness (QED) is 0.786. The number of rotatable bonds is 6. The average Bonchev–Trinajstić information content (AvgIpc) is 3.16. The third-order valence-electron chi connectivity index (χ3n) is 4.77. The molecule has 1 saturated heterocycles. The molecule has 2 N–H and O–H groups in total. The molecule has 1 aromatic carbocycles. The van der Waals surface area contributed by atoms with Crippen LogP contribution in [0.25, 0.3) is 0 Å². The van der Waals surface area contributed by atoms with Crippen LogP contribution in [0.15, 0.2) is 47.8 Å². The number of halogens is 1. The van der Waals surface area contributed by atoms with Crippen molar-refractivity contribution in [3.63, 3.8) is 0 Å². The van der Waals surface area contributed by atoms with E-state index in [0.717, 1.165) is 29.8 Å². The number of hydrogen-bond acceptors (Lipinski definition) is 4. The maximum Gasteiger partial charge on any atom is 0.226 e. The maximum absolute atomic E-state index is 13.1. The van der Waals surface area contributed by atoms with Gasteiger partial charge in [0.05, 0.1) is 6.54 Å². The minimum atomic E-state index is -0.633. The zero-order valence-electron chi connectivity index (χ0n) is 15.0. The van der Waals surface area contributed by atoms with Gasteiger partial charge in [-0.15, -0.1) is 23.7 Å². The highest BCUT2D eigenvalue weighted by atomic mass is 35.5. The van der Waals surface area contributed by atoms with Crippen LogP contribution in [0.3, 0.4) is 0 Å². The Morgan fingerprint density at radius 2 is 2.08 bits per heavy atom. The van der Waals surface area contributed by atoms with Gasteiger partial charge in [0.15, 0.2) is 0 Å². The minimum Gasteiger partial charge on any atom is -0.386 e. The van der Waals surface area contributed by atoms with E-state index in [1.165, 1.54) is 11.3 Å². The molecular weight excluding hydrogens is 368 g/mol. The van der Waals surface area contributed by atoms with Crippen LogP contribution in [0.5, 0.6) is 0 Å². The minimum absolute atomic E-state index is 0. The van der Waals surface area contributed by atoms with Gasteiger partial charge in [-0.25, -0.2) is 0 Å². The normalized spacial score (nSPS) is 20.8. The number of carbonyl (C=O) groups is 1. The summed E-state index contributed by atoms with van der Waals surface area (Å²) in [7, 11) is 0. The second-order valence-corrected chi connectivity index (χ2v) is 7.79. The van der Waals surface area contributed by atoms with Gasteiger partial charge in [0.2, 0.25) is 5.91 Å². The van der Waals surface area contributed by atoms with Gasteiger partial charge in [-0.05, 0) is 43.3 Å². The van der Waals surface area contributed by atoms with Gasteiger partial charge in [-0.2, -0.15) is 0 Å². The fourth-order valence-electron chi connectivity index (χ4n) is 3.43. The number of carbonyl (C=O) groups excluding carboxylic acids is 1. The molecule has 0 spiro atoms. The molecule has 0 radical (unpaired) electrons. The van der Waals surface area contributed by atoms with Crippen molar-refractivity contribution in [1.82, 2.24) is 10.2 Å². The van der Waals surface area contributed by atoms with Crippen LogP contribution in [0.1, 0.15) is 36.3 Å². The van der Waals surface area contributed by atoms with Gasteiger partial charge in [0.25, 0.3) is 0 Å². The lowest BCUT2D eigenvalue weighted by Gasteiger charge is -2.33. The molecule has 3 rings (SSSR count). The molecule has 1 aliphatic heterocycles. The summed E-state index contributed by atoms with van der Waals surface area (Å²) in [5, 5.41) is 15.9. The second-order valence-electron chi connectivity index (χ2n) is 6.81. The van der Waals surface area contributed by atoms with E-state index in [9.17, 15) is 9.90 Å². The Hall–Kier alpha value is -1.40. The van der Waals surface area contributed by atoms with E-state index in [-0.39, 0.29) is 24.2 Å². The number of nitrogens with zero attached hydrogens (tertiary/aromatic N) is 1. The molecule has 3 atom stereocenters. The number of benzene rings is 1. The Labute approximate surface area is 165 Å². The summed E-state index contributed by atoms with van der Waals surface area (Å²) in [6.07, 6.45) is 1.09. The predicted molar refractivity (Wildman–Crippen MR) is 109 cm³/mol. The van der Waals surface area contributed by atoms with Crippen molar-refractivity contribution >= 4 is 29.7 Å². The van der Waals surface area contributed by atoms with E-state index >= 15 is 0 Å². The predicted octanol–water partition coefficient (Wildman–Crippen LogP) is 3.62. The van der Waals surface area contributed by atoms with Gasteiger partial charge >= 0.3 is 0 Å². The fourth-order valence-corrected chi connectivity index (χ4v) is 4.13. The number of aliphatic hydroxyl groups is 1. The number of amides is 1. The summed E-state index contributed by atoms with van der Waals surface area (Å²) in [5.74, 6) is 0.198. The standard InChI is InChI=1S/C20H26N2O2S.ClH/c1-15-12-17(9-10-21-15)20(24)22(13-16-6-3-2-4-7-16)14-18(23)19-8-5-11-25-19;/h2-8,11,15,17-18,21,23H,9-10,12-14H2,1H3;1H/t15-,17-,18?;/m0./s1. The van der Waals surface area contributed by atoms with Crippen molar-refractivity contribution in [3.8, 4) is 0 Å². The van der Waals surface area contributed by atoms with E-state index in [1.54, 1.807) is 0 Å². The number of hydrogen-bond donors (Lipinski definition) is 2. The van der Waals surface area contributed by atoms with Crippen molar-refractivity contribution in [2.24, 2.45) is 5.92 Å². The zero-order valence-corrected chi connectivity index (χ0v) is 16.6. The molecule has 1 amide bonds. The van der Waals surface area contributed by atoms with Crippen molar-refractivity contribution in [2.45, 2.75) is 38.5 Å². The molecule has 1 unspecified atom stereocenters. The van der Waals surface area contributed by atoms with Gasteiger partial charge in [-0.3, -0.25) is 4.79 Å². The molecule has 1 aliphatic rings. The molecule has 2 aromatic rings. The molecule has 26 heavy (non-hydrogen) atoms. The van der Waals surface area contributed by atoms with E-state index in [0.29, 0.717) is 19.1 Å². The number of aliphatic hydroxyl groups excluding tert-OH is 1. The van der Waals surface area contributed by atoms with Crippen molar-refractivity contribution < 1.29 is 9.90 Å². The summed E-state index contributed by atoms with van der Waals surface area (Å²) in [6.45, 7) is 3.89. The van der Waals surface area contributed by atoms with Crippen LogP contribution in [0.4, 0.5) is 0 Å². The molecule has 0 bridgehead atoms. The first-order valence-corrected chi connectivity index (χ1v) is 9.79. The van der Waals surface area contributed by atoms with Crippen molar-refractivity contribution in [2.75, 3.05) is 13.1 Å². The molecule has 1 aromatic heterocycles. The first-order chi connectivity index (χ1) is 12.1. The highest BCUT2D eigenvalue weighted by molar-refractivity contribution is 7.10. The Morgan fingerprint density at radius 1 is 1.31 bits per heavy atom. The Bertz CT molecular complexity index is 666. The topological polar surface area (TPSA) is 52.6 Å². The van der Waals surface area contributed by atoms with Crippen molar-refractivity contribution in [1.29, 1.82) is 0 Å². The van der Waals surface area contributed by atoms with E-state index in [1.807, 2.05) is 52.7 Å². The highest BCUT2D eigenvalue weighted by Crippen LogP contribution is 2.24. The number of nitrogens with one attached hydrogen (secondary N) is 1. The molecule has 0 aliphatic carbocycles. The summed E-state index contributed by atoms with van der Waals surface area (Å²) in [4.78, 5) is 15.9. The first-order valence-electron chi connectivity index (χ1n) is 8.91. The lowest BCUT2D eigenvalue weighted by atomic mass is 9.91. The third kappa shape index (κ3) is 5.55. The molecular formula is C20H27ClN2O2S. The molecule has 1 fully saturated rings. The lowest BCUT2D eigenvalue weighted by molar-refractivity contribution is -0.138. The summed E-state index contributed by atoms with van der Waals surface area (Å²) in [5.41, 5.74) is 1.09. The second kappa shape index (κ2) is 10.1.